The summed E-state index contributed by atoms with van der Waals surface area (Å²) in [5, 5.41) is 7.47. The predicted molar refractivity (Wildman–Crippen MR) is 151 cm³/mol. The molecule has 0 spiro atoms. The number of fused-ring (bicyclic) bond motifs is 1. The highest BCUT2D eigenvalue weighted by molar-refractivity contribution is 9.10. The topological polar surface area (TPSA) is 115 Å². The fourth-order valence-corrected chi connectivity index (χ4v) is 5.45. The molecule has 0 atom stereocenters. The maximum absolute atomic E-state index is 13.4. The minimum atomic E-state index is -0.251. The van der Waals surface area contributed by atoms with Crippen molar-refractivity contribution in [1.29, 1.82) is 0 Å². The number of rotatable bonds is 9. The largest absolute Gasteiger partial charge is 0.492 e. The number of carbonyl (C=O) groups excluding carboxylic acids is 1. The average molecular weight is 584 g/mol. The van der Waals surface area contributed by atoms with Crippen LogP contribution in [0.3, 0.4) is 0 Å². The van der Waals surface area contributed by atoms with Gasteiger partial charge in [0.2, 0.25) is 0 Å². The molecule has 0 unspecified atom stereocenters. The first kappa shape index (κ1) is 26.8. The number of anilines is 1. The van der Waals surface area contributed by atoms with Crippen LogP contribution < -0.4 is 21.1 Å². The highest BCUT2D eigenvalue weighted by atomic mass is 79.9. The molecule has 2 aliphatic rings. The van der Waals surface area contributed by atoms with E-state index >= 15 is 0 Å². The first-order chi connectivity index (χ1) is 18.6. The van der Waals surface area contributed by atoms with Crippen molar-refractivity contribution in [2.24, 2.45) is 5.73 Å². The number of nitrogens with two attached hydrogens (primary N) is 1. The Morgan fingerprint density at radius 3 is 2.66 bits per heavy atom. The van der Waals surface area contributed by atoms with Crippen LogP contribution in [0.25, 0.3) is 10.9 Å². The van der Waals surface area contributed by atoms with Gasteiger partial charge in [-0.15, -0.1) is 0 Å². The highest BCUT2D eigenvalue weighted by Gasteiger charge is 2.24. The molecule has 1 amide bonds. The fourth-order valence-electron chi connectivity index (χ4n) is 4.95. The van der Waals surface area contributed by atoms with E-state index in [1.54, 1.807) is 6.20 Å². The van der Waals surface area contributed by atoms with E-state index in [9.17, 15) is 4.79 Å². The summed E-state index contributed by atoms with van der Waals surface area (Å²) in [5.41, 5.74) is 8.82. The zero-order valence-corrected chi connectivity index (χ0v) is 23.1. The molecule has 10 heteroatoms. The van der Waals surface area contributed by atoms with Gasteiger partial charge in [0.05, 0.1) is 24.4 Å². The zero-order valence-electron chi connectivity index (χ0n) is 21.5. The number of carbonyl (C=O) groups is 1. The summed E-state index contributed by atoms with van der Waals surface area (Å²) >= 11 is 3.53. The van der Waals surface area contributed by atoms with E-state index in [0.717, 1.165) is 80.7 Å². The van der Waals surface area contributed by atoms with Gasteiger partial charge < -0.3 is 25.8 Å². The Bertz CT molecular complexity index is 1230. The molecule has 38 heavy (non-hydrogen) atoms. The van der Waals surface area contributed by atoms with Crippen molar-refractivity contribution in [1.82, 2.24) is 20.2 Å². The second-order valence-electron chi connectivity index (χ2n) is 9.91. The van der Waals surface area contributed by atoms with Gasteiger partial charge in [0.1, 0.15) is 17.0 Å². The van der Waals surface area contributed by atoms with Crippen LogP contribution in [0.4, 0.5) is 5.69 Å². The number of hydrogen-bond donors (Lipinski definition) is 3. The molecule has 1 aromatic carbocycles. The number of aromatic nitrogens is 2. The van der Waals surface area contributed by atoms with Crippen molar-refractivity contribution in [3.63, 3.8) is 0 Å². The van der Waals surface area contributed by atoms with Crippen LogP contribution >= 0.6 is 15.9 Å². The quantitative estimate of drug-likeness (QED) is 0.327. The number of nitrogens with one attached hydrogen (secondary N) is 2. The molecule has 2 aromatic heterocycles. The van der Waals surface area contributed by atoms with Crippen LogP contribution in [-0.2, 0) is 11.3 Å². The van der Waals surface area contributed by atoms with Gasteiger partial charge in [-0.05, 0) is 71.4 Å². The molecule has 1 saturated heterocycles. The van der Waals surface area contributed by atoms with Crippen molar-refractivity contribution in [2.75, 3.05) is 44.8 Å². The molecule has 1 aliphatic carbocycles. The third-order valence-corrected chi connectivity index (χ3v) is 7.81. The Hall–Kier alpha value is -2.79. The SMILES string of the molecule is NC1CCC(Nc2c(C(=O)NCc3ccc(OCCN4CCOCC4)cc3)nc(Br)c3cccnc23)CC1. The first-order valence-corrected chi connectivity index (χ1v) is 14.1. The third kappa shape index (κ3) is 6.79. The van der Waals surface area contributed by atoms with E-state index in [2.05, 4.69) is 41.4 Å². The lowest BCUT2D eigenvalue weighted by Gasteiger charge is -2.28. The Balaban J connectivity index is 1.23. The number of amides is 1. The van der Waals surface area contributed by atoms with E-state index in [-0.39, 0.29) is 18.0 Å². The number of halogens is 1. The van der Waals surface area contributed by atoms with Crippen LogP contribution in [0, 0.1) is 0 Å². The van der Waals surface area contributed by atoms with Gasteiger partial charge in [-0.3, -0.25) is 14.7 Å². The predicted octanol–water partition coefficient (Wildman–Crippen LogP) is 3.72. The summed E-state index contributed by atoms with van der Waals surface area (Å²) in [6.07, 6.45) is 5.56. The maximum Gasteiger partial charge on any atom is 0.272 e. The zero-order chi connectivity index (χ0) is 26.3. The molecule has 3 aromatic rings. The van der Waals surface area contributed by atoms with E-state index in [0.29, 0.717) is 29.1 Å². The average Bonchev–Trinajstić information content (AvgIpc) is 2.95. The number of pyridine rings is 2. The number of benzene rings is 1. The smallest absolute Gasteiger partial charge is 0.272 e. The van der Waals surface area contributed by atoms with Crippen molar-refractivity contribution >= 4 is 38.4 Å². The minimum Gasteiger partial charge on any atom is -0.492 e. The lowest BCUT2D eigenvalue weighted by atomic mass is 9.91. The minimum absolute atomic E-state index is 0.227. The Morgan fingerprint density at radius 1 is 1.13 bits per heavy atom. The fraction of sp³-hybridized carbons (Fsp3) is 0.464. The van der Waals surface area contributed by atoms with Crippen molar-refractivity contribution in [3.05, 3.63) is 58.5 Å². The highest BCUT2D eigenvalue weighted by Crippen LogP contribution is 2.32. The van der Waals surface area contributed by atoms with Gasteiger partial charge in [0, 0.05) is 49.8 Å². The van der Waals surface area contributed by atoms with Crippen LogP contribution in [0.1, 0.15) is 41.7 Å². The first-order valence-electron chi connectivity index (χ1n) is 13.3. The molecule has 0 radical (unpaired) electrons. The van der Waals surface area contributed by atoms with Crippen molar-refractivity contribution in [3.8, 4) is 5.75 Å². The molecular weight excluding hydrogens is 548 g/mol. The van der Waals surface area contributed by atoms with E-state index in [4.69, 9.17) is 15.2 Å². The van der Waals surface area contributed by atoms with Crippen molar-refractivity contribution < 1.29 is 14.3 Å². The van der Waals surface area contributed by atoms with Gasteiger partial charge in [0.25, 0.3) is 5.91 Å². The van der Waals surface area contributed by atoms with Gasteiger partial charge in [-0.2, -0.15) is 0 Å². The lowest BCUT2D eigenvalue weighted by molar-refractivity contribution is 0.0322. The molecule has 3 heterocycles. The van der Waals surface area contributed by atoms with Crippen molar-refractivity contribution in [2.45, 2.75) is 44.3 Å². The van der Waals surface area contributed by atoms with E-state index in [1.165, 1.54) is 0 Å². The molecule has 4 N–H and O–H groups in total. The summed E-state index contributed by atoms with van der Waals surface area (Å²) in [7, 11) is 0. The van der Waals surface area contributed by atoms with Gasteiger partial charge in [-0.1, -0.05) is 12.1 Å². The molecule has 2 fully saturated rings. The molecule has 9 nitrogen and oxygen atoms in total. The van der Waals surface area contributed by atoms with Crippen LogP contribution in [0.2, 0.25) is 0 Å². The van der Waals surface area contributed by atoms with Crippen LogP contribution in [0.15, 0.2) is 47.2 Å². The second-order valence-corrected chi connectivity index (χ2v) is 10.7. The third-order valence-electron chi connectivity index (χ3n) is 7.21. The molecule has 5 rings (SSSR count). The summed E-state index contributed by atoms with van der Waals surface area (Å²) in [6, 6.07) is 12.1. The monoisotopic (exact) mass is 582 g/mol. The molecular formula is C28H35BrN6O3. The molecule has 0 bridgehead atoms. The Labute approximate surface area is 231 Å². The maximum atomic E-state index is 13.4. The standard InChI is InChI=1S/C28H35BrN6O3/c29-27-23-2-1-11-31-24(23)25(33-21-7-5-20(30)6-8-21)26(34-27)28(36)32-18-19-3-9-22(10-4-19)38-17-14-35-12-15-37-16-13-35/h1-4,9-11,20-21,33H,5-8,12-18,30H2,(H,32,36). The Kier molecular flexibility index (Phi) is 9.06. The summed E-state index contributed by atoms with van der Waals surface area (Å²) in [4.78, 5) is 24.9. The summed E-state index contributed by atoms with van der Waals surface area (Å²) in [5.74, 6) is 0.567. The van der Waals surface area contributed by atoms with Gasteiger partial charge >= 0.3 is 0 Å². The normalized spacial score (nSPS) is 20.3. The van der Waals surface area contributed by atoms with E-state index in [1.807, 2.05) is 36.4 Å². The van der Waals surface area contributed by atoms with Gasteiger partial charge in [0.15, 0.2) is 5.69 Å². The molecule has 1 aliphatic heterocycles. The number of morpholine rings is 1. The Morgan fingerprint density at radius 2 is 1.89 bits per heavy atom. The summed E-state index contributed by atoms with van der Waals surface area (Å²) < 4.78 is 11.9. The molecule has 1 saturated carbocycles. The number of ether oxygens (including phenoxy) is 2. The van der Waals surface area contributed by atoms with Gasteiger partial charge in [-0.25, -0.2) is 4.98 Å². The second kappa shape index (κ2) is 12.8. The van der Waals surface area contributed by atoms with E-state index < -0.39 is 0 Å². The van der Waals surface area contributed by atoms with Crippen LogP contribution in [-0.4, -0.2) is 72.3 Å². The number of nitrogens with zero attached hydrogens (tertiary/aromatic N) is 3. The van der Waals surface area contributed by atoms with Crippen LogP contribution in [0.5, 0.6) is 5.75 Å². The lowest BCUT2D eigenvalue weighted by Crippen LogP contribution is -2.38. The molecule has 202 valence electrons. The summed E-state index contributed by atoms with van der Waals surface area (Å²) in [6.45, 7) is 5.37. The number of hydrogen-bond acceptors (Lipinski definition) is 8.